The van der Waals surface area contributed by atoms with Gasteiger partial charge in [-0.05, 0) is 30.2 Å². The molecular weight excluding hydrogens is 306 g/mol. The molecule has 0 aliphatic carbocycles. The van der Waals surface area contributed by atoms with Crippen molar-refractivity contribution in [2.75, 3.05) is 14.2 Å². The molecule has 1 unspecified atom stereocenters. The van der Waals surface area contributed by atoms with Gasteiger partial charge in [0.15, 0.2) is 0 Å². The molecule has 22 heavy (non-hydrogen) atoms. The van der Waals surface area contributed by atoms with Gasteiger partial charge in [-0.2, -0.15) is 0 Å². The summed E-state index contributed by atoms with van der Waals surface area (Å²) in [4.78, 5) is 25.2. The summed E-state index contributed by atoms with van der Waals surface area (Å²) in [5, 5.41) is 10.5. The van der Waals surface area contributed by atoms with Crippen LogP contribution in [0, 0.1) is 5.92 Å². The van der Waals surface area contributed by atoms with E-state index in [-0.39, 0.29) is 11.7 Å². The van der Waals surface area contributed by atoms with E-state index in [2.05, 4.69) is 0 Å². The highest BCUT2D eigenvalue weighted by molar-refractivity contribution is 6.30. The number of esters is 1. The third-order valence-corrected chi connectivity index (χ3v) is 3.49. The van der Waals surface area contributed by atoms with E-state index < -0.39 is 17.9 Å². The van der Waals surface area contributed by atoms with E-state index in [9.17, 15) is 14.7 Å². The van der Waals surface area contributed by atoms with E-state index in [1.54, 1.807) is 24.3 Å². The number of amides is 1. The van der Waals surface area contributed by atoms with E-state index in [0.717, 1.165) is 6.08 Å². The monoisotopic (exact) mass is 325 g/mol. The molecule has 0 heterocycles. The lowest BCUT2D eigenvalue weighted by atomic mass is 10.0. The molecule has 0 spiro atoms. The first kappa shape index (κ1) is 18.0. The lowest BCUT2D eigenvalue weighted by Crippen LogP contribution is -2.45. The van der Waals surface area contributed by atoms with Crippen LogP contribution in [0.15, 0.2) is 30.3 Å². The lowest BCUT2D eigenvalue weighted by Gasteiger charge is -2.28. The van der Waals surface area contributed by atoms with Gasteiger partial charge in [0.05, 0.1) is 7.11 Å². The molecule has 0 bridgehead atoms. The predicted octanol–water partition coefficient (Wildman–Crippen LogP) is 2.89. The molecule has 1 aromatic rings. The molecule has 120 valence electrons. The second-order valence-corrected chi connectivity index (χ2v) is 5.63. The molecular formula is C16H20ClNO4. The Morgan fingerprint density at radius 1 is 1.27 bits per heavy atom. The summed E-state index contributed by atoms with van der Waals surface area (Å²) in [7, 11) is 2.77. The average Bonchev–Trinajstić information content (AvgIpc) is 2.47. The van der Waals surface area contributed by atoms with E-state index in [0.29, 0.717) is 10.6 Å². The second-order valence-electron chi connectivity index (χ2n) is 5.20. The van der Waals surface area contributed by atoms with Crippen LogP contribution in [0.5, 0.6) is 0 Å². The Balaban J connectivity index is 2.96. The molecule has 1 rings (SSSR count). The number of hydrogen-bond acceptors (Lipinski definition) is 4. The molecule has 0 radical (unpaired) electrons. The molecule has 0 saturated heterocycles. The van der Waals surface area contributed by atoms with Crippen molar-refractivity contribution >= 4 is 29.2 Å². The Morgan fingerprint density at radius 2 is 1.82 bits per heavy atom. The van der Waals surface area contributed by atoms with Crippen molar-refractivity contribution in [1.82, 2.24) is 4.90 Å². The van der Waals surface area contributed by atoms with Crippen molar-refractivity contribution in [3.8, 4) is 0 Å². The van der Waals surface area contributed by atoms with Gasteiger partial charge in [-0.1, -0.05) is 25.4 Å². The third-order valence-electron chi connectivity index (χ3n) is 3.24. The topological polar surface area (TPSA) is 66.8 Å². The van der Waals surface area contributed by atoms with Crippen molar-refractivity contribution in [1.29, 1.82) is 0 Å². The number of benzene rings is 1. The van der Waals surface area contributed by atoms with Gasteiger partial charge >= 0.3 is 5.97 Å². The SMILES string of the molecule is COC(=O)C(C(C)C)N(C)C(=O)/C=C(\O)c1ccc(Cl)cc1. The molecule has 0 aliphatic rings. The number of carbonyl (C=O) groups is 2. The first-order valence-corrected chi connectivity index (χ1v) is 7.17. The summed E-state index contributed by atoms with van der Waals surface area (Å²) in [6.07, 6.45) is 1.07. The maximum Gasteiger partial charge on any atom is 0.328 e. The fraction of sp³-hybridized carbons (Fsp3) is 0.375. The minimum atomic E-state index is -0.716. The van der Waals surface area contributed by atoms with Crippen LogP contribution in [0.4, 0.5) is 0 Å². The Morgan fingerprint density at radius 3 is 2.27 bits per heavy atom. The Kier molecular flexibility index (Phi) is 6.43. The Labute approximate surface area is 135 Å². The van der Waals surface area contributed by atoms with Crippen LogP contribution in [0.25, 0.3) is 5.76 Å². The van der Waals surface area contributed by atoms with Gasteiger partial charge in [-0.3, -0.25) is 4.79 Å². The van der Waals surface area contributed by atoms with Gasteiger partial charge in [-0.15, -0.1) is 0 Å². The van der Waals surface area contributed by atoms with Crippen molar-refractivity contribution in [2.45, 2.75) is 19.9 Å². The molecule has 0 aliphatic heterocycles. The fourth-order valence-corrected chi connectivity index (χ4v) is 2.18. The van der Waals surface area contributed by atoms with Gasteiger partial charge < -0.3 is 14.7 Å². The number of nitrogens with zero attached hydrogens (tertiary/aromatic N) is 1. The van der Waals surface area contributed by atoms with Gasteiger partial charge in [0.25, 0.3) is 5.91 Å². The van der Waals surface area contributed by atoms with Crippen molar-refractivity contribution in [2.24, 2.45) is 5.92 Å². The van der Waals surface area contributed by atoms with Crippen molar-refractivity contribution < 1.29 is 19.4 Å². The third kappa shape index (κ3) is 4.49. The second kappa shape index (κ2) is 7.84. The summed E-state index contributed by atoms with van der Waals surface area (Å²) in [5.41, 5.74) is 0.463. The molecule has 1 amide bonds. The number of rotatable bonds is 5. The highest BCUT2D eigenvalue weighted by atomic mass is 35.5. The summed E-state index contributed by atoms with van der Waals surface area (Å²) in [5.74, 6) is -1.30. The molecule has 5 nitrogen and oxygen atoms in total. The van der Waals surface area contributed by atoms with E-state index in [1.165, 1.54) is 19.1 Å². The van der Waals surface area contributed by atoms with Crippen LogP contribution in [0.3, 0.4) is 0 Å². The summed E-state index contributed by atoms with van der Waals surface area (Å²) in [6, 6.07) is 5.71. The first-order chi connectivity index (χ1) is 10.3. The average molecular weight is 326 g/mol. The van der Waals surface area contributed by atoms with Gasteiger partial charge in [-0.25, -0.2) is 4.79 Å². The Hall–Kier alpha value is -2.01. The van der Waals surface area contributed by atoms with Crippen LogP contribution >= 0.6 is 11.6 Å². The molecule has 1 atom stereocenters. The highest BCUT2D eigenvalue weighted by Gasteiger charge is 2.30. The maximum atomic E-state index is 12.2. The van der Waals surface area contributed by atoms with E-state index in [1.807, 2.05) is 13.8 Å². The summed E-state index contributed by atoms with van der Waals surface area (Å²) >= 11 is 5.77. The maximum absolute atomic E-state index is 12.2. The van der Waals surface area contributed by atoms with Crippen LogP contribution in [-0.2, 0) is 14.3 Å². The zero-order chi connectivity index (χ0) is 16.9. The number of hydrogen-bond donors (Lipinski definition) is 1. The van der Waals surface area contributed by atoms with E-state index >= 15 is 0 Å². The molecule has 1 N–H and O–H groups in total. The Bertz CT molecular complexity index is 566. The molecule has 0 aromatic heterocycles. The smallest absolute Gasteiger partial charge is 0.328 e. The predicted molar refractivity (Wildman–Crippen MR) is 85.5 cm³/mol. The number of methoxy groups -OCH3 is 1. The molecule has 1 aromatic carbocycles. The van der Waals surface area contributed by atoms with Gasteiger partial charge in [0.1, 0.15) is 11.8 Å². The first-order valence-electron chi connectivity index (χ1n) is 6.79. The zero-order valence-electron chi connectivity index (χ0n) is 13.0. The summed E-state index contributed by atoms with van der Waals surface area (Å²) in [6.45, 7) is 3.63. The molecule has 0 saturated carbocycles. The van der Waals surface area contributed by atoms with Crippen molar-refractivity contribution in [3.63, 3.8) is 0 Å². The van der Waals surface area contributed by atoms with E-state index in [4.69, 9.17) is 16.3 Å². The largest absolute Gasteiger partial charge is 0.507 e. The van der Waals surface area contributed by atoms with Gasteiger partial charge in [0.2, 0.25) is 0 Å². The molecule has 0 fully saturated rings. The number of aliphatic hydroxyl groups excluding tert-OH is 1. The van der Waals surface area contributed by atoms with Crippen LogP contribution in [-0.4, -0.2) is 42.1 Å². The minimum absolute atomic E-state index is 0.118. The summed E-state index contributed by atoms with van der Waals surface area (Å²) < 4.78 is 4.72. The van der Waals surface area contributed by atoms with Crippen LogP contribution in [0.1, 0.15) is 19.4 Å². The highest BCUT2D eigenvalue weighted by Crippen LogP contribution is 2.17. The fourth-order valence-electron chi connectivity index (χ4n) is 2.06. The van der Waals surface area contributed by atoms with Crippen LogP contribution < -0.4 is 0 Å². The number of likely N-dealkylation sites (N-methyl/N-ethyl adjacent to an activating group) is 1. The van der Waals surface area contributed by atoms with Crippen LogP contribution in [0.2, 0.25) is 5.02 Å². The number of aliphatic hydroxyl groups is 1. The quantitative estimate of drug-likeness (QED) is 0.513. The van der Waals surface area contributed by atoms with Gasteiger partial charge in [0, 0.05) is 23.7 Å². The normalized spacial score (nSPS) is 12.9. The zero-order valence-corrected chi connectivity index (χ0v) is 13.8. The number of ether oxygens (including phenoxy) is 1. The lowest BCUT2D eigenvalue weighted by molar-refractivity contribution is -0.152. The molecule has 6 heteroatoms. The standard InChI is InChI=1S/C16H20ClNO4/c1-10(2)15(16(21)22-4)18(3)14(20)9-13(19)11-5-7-12(17)8-6-11/h5-10,15,19H,1-4H3/b13-9-. The number of carbonyl (C=O) groups excluding carboxylic acids is 2. The number of halogens is 1. The minimum Gasteiger partial charge on any atom is -0.507 e. The van der Waals surface area contributed by atoms with Crippen molar-refractivity contribution in [3.05, 3.63) is 40.9 Å².